The van der Waals surface area contributed by atoms with E-state index in [0.717, 1.165) is 37.5 Å². The Morgan fingerprint density at radius 2 is 1.83 bits per heavy atom. The molecule has 0 aliphatic heterocycles. The molecule has 29 heavy (non-hydrogen) atoms. The normalized spacial score (nSPS) is 10.6. The molecule has 0 saturated heterocycles. The van der Waals surface area contributed by atoms with Crippen molar-refractivity contribution in [1.29, 1.82) is 5.26 Å². The summed E-state index contributed by atoms with van der Waals surface area (Å²) >= 11 is 4.68. The average molecular weight is 437 g/mol. The molecule has 5 nitrogen and oxygen atoms in total. The summed E-state index contributed by atoms with van der Waals surface area (Å²) in [4.78, 5) is 22.6. The van der Waals surface area contributed by atoms with Crippen molar-refractivity contribution < 1.29 is 4.79 Å². The van der Waals surface area contributed by atoms with Crippen LogP contribution in [0.25, 0.3) is 21.1 Å². The third-order valence-electron chi connectivity index (χ3n) is 4.07. The number of carbonyl (C=O) groups is 1. The lowest BCUT2D eigenvalue weighted by Crippen LogP contribution is -2.14. The number of benzene rings is 1. The second-order valence-corrected chi connectivity index (χ2v) is 8.95. The maximum absolute atomic E-state index is 12.3. The van der Waals surface area contributed by atoms with Crippen molar-refractivity contribution >= 4 is 46.0 Å². The van der Waals surface area contributed by atoms with Gasteiger partial charge in [-0.2, -0.15) is 5.26 Å². The first kappa shape index (κ1) is 19.5. The summed E-state index contributed by atoms with van der Waals surface area (Å²) in [5.41, 5.74) is 3.55. The molecule has 0 atom stereocenters. The molecule has 144 valence electrons. The number of amides is 1. The number of nitrogens with one attached hydrogen (secondary N) is 2. The predicted molar refractivity (Wildman–Crippen MR) is 120 cm³/mol. The van der Waals surface area contributed by atoms with Gasteiger partial charge in [0.25, 0.3) is 0 Å². The molecular weight excluding hydrogens is 420 g/mol. The number of aromatic amines is 1. The molecule has 4 aromatic rings. The number of thioether (sulfide) groups is 1. The Balaban J connectivity index is 1.44. The first-order valence-corrected chi connectivity index (χ1v) is 11.5. The number of imidazole rings is 1. The summed E-state index contributed by atoms with van der Waals surface area (Å²) in [6.45, 7) is 0. The van der Waals surface area contributed by atoms with Crippen LogP contribution >= 0.6 is 34.4 Å². The molecule has 0 spiro atoms. The SMILES string of the molecule is N#CCc1ccc(NC(=O)CSc2nc(-c3cccs3)c(-c3cccs3)[nH]2)cc1. The van der Waals surface area contributed by atoms with Gasteiger partial charge in [-0.3, -0.25) is 4.79 Å². The van der Waals surface area contributed by atoms with Crippen LogP contribution in [0.15, 0.2) is 64.4 Å². The molecule has 1 aromatic carbocycles. The smallest absolute Gasteiger partial charge is 0.234 e. The van der Waals surface area contributed by atoms with Crippen LogP contribution in [-0.4, -0.2) is 21.6 Å². The van der Waals surface area contributed by atoms with Gasteiger partial charge in [0.1, 0.15) is 5.69 Å². The highest BCUT2D eigenvalue weighted by molar-refractivity contribution is 7.99. The third-order valence-corrected chi connectivity index (χ3v) is 6.70. The van der Waals surface area contributed by atoms with E-state index in [9.17, 15) is 4.79 Å². The molecule has 0 aliphatic carbocycles. The van der Waals surface area contributed by atoms with Crippen LogP contribution in [0.4, 0.5) is 5.69 Å². The van der Waals surface area contributed by atoms with Gasteiger partial charge in [0, 0.05) is 5.69 Å². The van der Waals surface area contributed by atoms with Crippen LogP contribution < -0.4 is 5.32 Å². The van der Waals surface area contributed by atoms with E-state index in [2.05, 4.69) is 28.5 Å². The minimum absolute atomic E-state index is 0.102. The third kappa shape index (κ3) is 4.77. The van der Waals surface area contributed by atoms with Crippen LogP contribution in [-0.2, 0) is 11.2 Å². The van der Waals surface area contributed by atoms with Crippen molar-refractivity contribution in [2.75, 3.05) is 11.1 Å². The Bertz CT molecular complexity index is 1070. The van der Waals surface area contributed by atoms with E-state index in [1.54, 1.807) is 22.7 Å². The minimum Gasteiger partial charge on any atom is -0.332 e. The maximum atomic E-state index is 12.3. The lowest BCUT2D eigenvalue weighted by Gasteiger charge is -2.05. The molecule has 8 heteroatoms. The lowest BCUT2D eigenvalue weighted by molar-refractivity contribution is -0.113. The Morgan fingerprint density at radius 1 is 1.10 bits per heavy atom. The zero-order valence-electron chi connectivity index (χ0n) is 15.2. The standard InChI is InChI=1S/C21H16N4OS3/c22-10-9-14-5-7-15(8-6-14)23-18(26)13-29-21-24-19(16-3-1-11-27-16)20(25-21)17-4-2-12-28-17/h1-8,11-12H,9,13H2,(H,23,26)(H,24,25). The van der Waals surface area contributed by atoms with Gasteiger partial charge in [0.05, 0.1) is 33.7 Å². The highest BCUT2D eigenvalue weighted by Gasteiger charge is 2.16. The summed E-state index contributed by atoms with van der Waals surface area (Å²) in [5.74, 6) is 0.149. The summed E-state index contributed by atoms with van der Waals surface area (Å²) in [5, 5.41) is 16.4. The molecule has 0 fully saturated rings. The second-order valence-electron chi connectivity index (χ2n) is 6.09. The highest BCUT2D eigenvalue weighted by atomic mass is 32.2. The first-order chi connectivity index (χ1) is 14.2. The van der Waals surface area contributed by atoms with Gasteiger partial charge >= 0.3 is 0 Å². The number of H-pyrrole nitrogens is 1. The fourth-order valence-corrected chi connectivity index (χ4v) is 4.86. The molecule has 0 bridgehead atoms. The van der Waals surface area contributed by atoms with E-state index < -0.39 is 0 Å². The van der Waals surface area contributed by atoms with Crippen molar-refractivity contribution in [3.8, 4) is 27.2 Å². The van der Waals surface area contributed by atoms with Gasteiger partial charge in [0.2, 0.25) is 5.91 Å². The minimum atomic E-state index is -0.102. The van der Waals surface area contributed by atoms with E-state index in [1.165, 1.54) is 11.8 Å². The number of rotatable bonds is 7. The van der Waals surface area contributed by atoms with Crippen molar-refractivity contribution in [1.82, 2.24) is 9.97 Å². The van der Waals surface area contributed by atoms with Crippen molar-refractivity contribution in [2.45, 2.75) is 11.6 Å². The quantitative estimate of drug-likeness (QED) is 0.366. The van der Waals surface area contributed by atoms with E-state index in [-0.39, 0.29) is 11.7 Å². The zero-order chi connectivity index (χ0) is 20.1. The molecular formula is C21H16N4OS3. The first-order valence-electron chi connectivity index (χ1n) is 8.79. The number of carbonyl (C=O) groups excluding carboxylic acids is 1. The van der Waals surface area contributed by atoms with Crippen molar-refractivity contribution in [2.24, 2.45) is 0 Å². The molecule has 0 saturated carbocycles. The average Bonchev–Trinajstić information content (AvgIpc) is 3.48. The molecule has 1 amide bonds. The molecule has 0 aliphatic rings. The Kier molecular flexibility index (Phi) is 6.10. The van der Waals surface area contributed by atoms with Gasteiger partial charge in [-0.25, -0.2) is 4.98 Å². The van der Waals surface area contributed by atoms with Gasteiger partial charge in [-0.15, -0.1) is 22.7 Å². The fourth-order valence-electron chi connectivity index (χ4n) is 2.74. The Hall–Kier alpha value is -2.86. The van der Waals surface area contributed by atoms with Crippen LogP contribution in [0.2, 0.25) is 0 Å². The highest BCUT2D eigenvalue weighted by Crippen LogP contribution is 2.36. The van der Waals surface area contributed by atoms with E-state index in [4.69, 9.17) is 10.2 Å². The van der Waals surface area contributed by atoms with Crippen molar-refractivity contribution in [3.05, 3.63) is 64.9 Å². The van der Waals surface area contributed by atoms with E-state index in [0.29, 0.717) is 6.42 Å². The number of thiophene rings is 2. The summed E-state index contributed by atoms with van der Waals surface area (Å²) in [6.07, 6.45) is 0.363. The maximum Gasteiger partial charge on any atom is 0.234 e. The molecule has 0 unspecified atom stereocenters. The molecule has 4 rings (SSSR count). The van der Waals surface area contributed by atoms with Crippen LogP contribution in [0.3, 0.4) is 0 Å². The summed E-state index contributed by atoms with van der Waals surface area (Å²) in [7, 11) is 0. The van der Waals surface area contributed by atoms with Crippen LogP contribution in [0.5, 0.6) is 0 Å². The number of hydrogen-bond donors (Lipinski definition) is 2. The second kappa shape index (κ2) is 9.09. The van der Waals surface area contributed by atoms with E-state index >= 15 is 0 Å². The van der Waals surface area contributed by atoms with Gasteiger partial charge in [-0.05, 0) is 40.6 Å². The molecule has 2 N–H and O–H groups in total. The largest absolute Gasteiger partial charge is 0.332 e. The lowest BCUT2D eigenvalue weighted by atomic mass is 10.1. The molecule has 3 heterocycles. The monoisotopic (exact) mass is 436 g/mol. The number of aromatic nitrogens is 2. The van der Waals surface area contributed by atoms with Crippen LogP contribution in [0, 0.1) is 11.3 Å². The van der Waals surface area contributed by atoms with Gasteiger partial charge < -0.3 is 10.3 Å². The summed E-state index contributed by atoms with van der Waals surface area (Å²) in [6, 6.07) is 17.6. The van der Waals surface area contributed by atoms with Gasteiger partial charge in [0.15, 0.2) is 5.16 Å². The predicted octanol–water partition coefficient (Wildman–Crippen LogP) is 5.66. The van der Waals surface area contributed by atoms with Crippen LogP contribution in [0.1, 0.15) is 5.56 Å². The van der Waals surface area contributed by atoms with E-state index in [1.807, 2.05) is 47.2 Å². The fraction of sp³-hybridized carbons (Fsp3) is 0.0952. The van der Waals surface area contributed by atoms with Gasteiger partial charge in [-0.1, -0.05) is 36.0 Å². The Labute approximate surface area is 180 Å². The zero-order valence-corrected chi connectivity index (χ0v) is 17.7. The number of nitriles is 1. The molecule has 0 radical (unpaired) electrons. The van der Waals surface area contributed by atoms with Crippen molar-refractivity contribution in [3.63, 3.8) is 0 Å². The topological polar surface area (TPSA) is 81.6 Å². The number of anilines is 1. The Morgan fingerprint density at radius 3 is 2.48 bits per heavy atom. The number of nitrogens with zero attached hydrogens (tertiary/aromatic N) is 2. The number of hydrogen-bond acceptors (Lipinski definition) is 6. The summed E-state index contributed by atoms with van der Waals surface area (Å²) < 4.78 is 0. The molecule has 3 aromatic heterocycles.